The number of nitrogens with one attached hydrogen (secondary N) is 1. The van der Waals surface area contributed by atoms with E-state index < -0.39 is 71.9 Å². The van der Waals surface area contributed by atoms with E-state index in [1.54, 1.807) is 27.7 Å². The molecule has 2 fully saturated rings. The maximum absolute atomic E-state index is 13.2. The first-order valence-electron chi connectivity index (χ1n) is 14.7. The van der Waals surface area contributed by atoms with Crippen molar-refractivity contribution in [3.05, 3.63) is 0 Å². The van der Waals surface area contributed by atoms with Crippen LogP contribution < -0.4 is 5.32 Å². The summed E-state index contributed by atoms with van der Waals surface area (Å²) in [5.41, 5.74) is -3.25. The van der Waals surface area contributed by atoms with Crippen molar-refractivity contribution in [3.63, 3.8) is 0 Å². The summed E-state index contributed by atoms with van der Waals surface area (Å²) in [4.78, 5) is 15.1. The molecule has 0 amide bonds. The number of carbonyl (C=O) groups is 1. The number of hydrogen-bond acceptors (Lipinski definition) is 11. The molecule has 6 N–H and O–H groups in total. The topological polar surface area (TPSA) is 161 Å². The van der Waals surface area contributed by atoms with Crippen LogP contribution in [0.15, 0.2) is 0 Å². The van der Waals surface area contributed by atoms with E-state index in [0.717, 1.165) is 0 Å². The van der Waals surface area contributed by atoms with Crippen LogP contribution in [-0.2, 0) is 19.0 Å². The Morgan fingerprint density at radius 3 is 2.20 bits per heavy atom. The number of ether oxygens (including phenoxy) is 3. The Labute approximate surface area is 240 Å². The van der Waals surface area contributed by atoms with Gasteiger partial charge in [0.15, 0.2) is 6.29 Å². The highest BCUT2D eigenvalue weighted by Crippen LogP contribution is 2.36. The summed E-state index contributed by atoms with van der Waals surface area (Å²) in [6, 6.07) is -0.783. The second-order valence-electron chi connectivity index (χ2n) is 13.1. The summed E-state index contributed by atoms with van der Waals surface area (Å²) in [5.74, 6) is -2.67. The summed E-state index contributed by atoms with van der Waals surface area (Å²) in [6.45, 7) is 14.0. The molecule has 0 saturated carbocycles. The van der Waals surface area contributed by atoms with Gasteiger partial charge in [0.2, 0.25) is 0 Å². The van der Waals surface area contributed by atoms with Crippen molar-refractivity contribution < 1.29 is 44.5 Å². The SMILES string of the molecule is CC[C@H]1OC(=O)[C@H](C)[C@@H](O)[C@H](C)[C@@H](OC2O[C@H](C)C[C@H](N(C)C)[C@H]2O)[C@](C)(O)C[C@@H](C)CN[C@H](C)[C@@H](O)[C@]1(C)O. The van der Waals surface area contributed by atoms with Crippen LogP contribution in [0.1, 0.15) is 74.7 Å². The first-order chi connectivity index (χ1) is 18.3. The van der Waals surface area contributed by atoms with E-state index in [0.29, 0.717) is 13.0 Å². The Balaban J connectivity index is 2.48. The van der Waals surface area contributed by atoms with Crippen molar-refractivity contribution in [2.75, 3.05) is 20.6 Å². The highest BCUT2D eigenvalue weighted by Gasteiger charge is 2.49. The van der Waals surface area contributed by atoms with Crippen LogP contribution in [0.5, 0.6) is 0 Å². The van der Waals surface area contributed by atoms with E-state index in [-0.39, 0.29) is 30.9 Å². The van der Waals surface area contributed by atoms with Gasteiger partial charge in [0, 0.05) is 18.0 Å². The molecule has 0 bridgehead atoms. The van der Waals surface area contributed by atoms with E-state index in [1.807, 2.05) is 32.8 Å². The average molecular weight is 577 g/mol. The summed E-state index contributed by atoms with van der Waals surface area (Å²) < 4.78 is 18.0. The fraction of sp³-hybridized carbons (Fsp3) is 0.966. The molecule has 0 aromatic heterocycles. The van der Waals surface area contributed by atoms with Gasteiger partial charge >= 0.3 is 5.97 Å². The summed E-state index contributed by atoms with van der Waals surface area (Å²) in [7, 11) is 3.74. The monoisotopic (exact) mass is 576 g/mol. The summed E-state index contributed by atoms with van der Waals surface area (Å²) in [6.07, 6.45) is -5.77. The van der Waals surface area contributed by atoms with Crippen LogP contribution >= 0.6 is 0 Å². The fourth-order valence-electron chi connectivity index (χ4n) is 6.36. The van der Waals surface area contributed by atoms with Gasteiger partial charge in [0.05, 0.1) is 29.8 Å². The molecule has 0 aromatic rings. The standard InChI is InChI=1S/C29H56N2O9/c1-11-21-29(8,37)24(34)19(6)30-14-15(2)13-28(7,36)25(17(4)22(32)18(5)26(35)39-21)40-27-23(33)20(31(9)10)12-16(3)38-27/h15-25,27,30,32-34,36-37H,11-14H2,1-10H3/t15-,16-,17+,18-,19-,20+,21-,22+,23-,24-,25-,27?,28-,29-/m1/s1. The minimum atomic E-state index is -1.75. The molecule has 2 heterocycles. The normalized spacial score (nSPS) is 48.8. The molecule has 2 aliphatic heterocycles. The van der Waals surface area contributed by atoms with Crippen LogP contribution in [0.25, 0.3) is 0 Å². The minimum absolute atomic E-state index is 0.113. The van der Waals surface area contributed by atoms with Crippen molar-refractivity contribution in [2.45, 2.75) is 141 Å². The molecule has 0 spiro atoms. The Hall–Kier alpha value is -0.890. The third kappa shape index (κ3) is 8.14. The lowest BCUT2D eigenvalue weighted by atomic mass is 9.78. The van der Waals surface area contributed by atoms with Crippen LogP contribution in [0, 0.1) is 17.8 Å². The largest absolute Gasteiger partial charge is 0.459 e. The molecule has 11 heteroatoms. The number of esters is 1. The van der Waals surface area contributed by atoms with Crippen LogP contribution in [0.2, 0.25) is 0 Å². The van der Waals surface area contributed by atoms with Crippen LogP contribution in [-0.4, -0.2) is 123 Å². The van der Waals surface area contributed by atoms with E-state index in [4.69, 9.17) is 14.2 Å². The number of rotatable bonds is 4. The van der Waals surface area contributed by atoms with Crippen molar-refractivity contribution in [1.29, 1.82) is 0 Å². The third-order valence-electron chi connectivity index (χ3n) is 8.97. The average Bonchev–Trinajstić information content (AvgIpc) is 2.87. The lowest BCUT2D eigenvalue weighted by molar-refractivity contribution is -0.299. The first-order valence-corrected chi connectivity index (χ1v) is 14.7. The van der Waals surface area contributed by atoms with E-state index in [1.165, 1.54) is 13.8 Å². The van der Waals surface area contributed by atoms with Gasteiger partial charge in [-0.1, -0.05) is 20.8 Å². The summed E-state index contributed by atoms with van der Waals surface area (Å²) >= 11 is 0. The molecule has 14 atom stereocenters. The number of aliphatic hydroxyl groups is 5. The van der Waals surface area contributed by atoms with E-state index >= 15 is 0 Å². The minimum Gasteiger partial charge on any atom is -0.459 e. The molecule has 1 unspecified atom stereocenters. The zero-order chi connectivity index (χ0) is 30.7. The highest BCUT2D eigenvalue weighted by molar-refractivity contribution is 5.73. The van der Waals surface area contributed by atoms with Gasteiger partial charge in [-0.3, -0.25) is 4.79 Å². The Kier molecular flexibility index (Phi) is 12.4. The molecule has 2 saturated heterocycles. The number of aliphatic hydroxyl groups excluding tert-OH is 3. The predicted octanol–water partition coefficient (Wildman–Crippen LogP) is 0.633. The van der Waals surface area contributed by atoms with Gasteiger partial charge in [-0.15, -0.1) is 0 Å². The van der Waals surface area contributed by atoms with E-state index in [2.05, 4.69) is 5.32 Å². The van der Waals surface area contributed by atoms with Crippen molar-refractivity contribution in [1.82, 2.24) is 10.2 Å². The van der Waals surface area contributed by atoms with Crippen molar-refractivity contribution in [3.8, 4) is 0 Å². The molecule has 2 aliphatic rings. The van der Waals surface area contributed by atoms with Gasteiger partial charge in [0.1, 0.15) is 23.9 Å². The first kappa shape index (κ1) is 35.3. The Bertz CT molecular complexity index is 810. The maximum Gasteiger partial charge on any atom is 0.311 e. The quantitative estimate of drug-likeness (QED) is 0.261. The Morgan fingerprint density at radius 2 is 1.65 bits per heavy atom. The number of cyclic esters (lactones) is 1. The second-order valence-corrected chi connectivity index (χ2v) is 13.1. The lowest BCUT2D eigenvalue weighted by Crippen LogP contribution is -2.59. The van der Waals surface area contributed by atoms with Gasteiger partial charge in [-0.2, -0.15) is 0 Å². The number of nitrogens with zero attached hydrogens (tertiary/aromatic N) is 1. The number of hydrogen-bond donors (Lipinski definition) is 6. The second kappa shape index (κ2) is 14.1. The lowest BCUT2D eigenvalue weighted by Gasteiger charge is -2.46. The van der Waals surface area contributed by atoms with Gasteiger partial charge in [-0.25, -0.2) is 0 Å². The van der Waals surface area contributed by atoms with Gasteiger partial charge in [0.25, 0.3) is 0 Å². The molecular formula is C29H56N2O9. The Morgan fingerprint density at radius 1 is 1.05 bits per heavy atom. The molecule has 0 aliphatic carbocycles. The number of carbonyl (C=O) groups excluding carboxylic acids is 1. The van der Waals surface area contributed by atoms with E-state index in [9.17, 15) is 30.3 Å². The molecule has 236 valence electrons. The van der Waals surface area contributed by atoms with Gasteiger partial charge < -0.3 is 50.0 Å². The molecule has 0 radical (unpaired) electrons. The van der Waals surface area contributed by atoms with Crippen molar-refractivity contribution in [2.24, 2.45) is 17.8 Å². The molecule has 2 rings (SSSR count). The predicted molar refractivity (Wildman–Crippen MR) is 150 cm³/mol. The molecule has 0 aromatic carbocycles. The fourth-order valence-corrected chi connectivity index (χ4v) is 6.36. The van der Waals surface area contributed by atoms with Crippen LogP contribution in [0.3, 0.4) is 0 Å². The zero-order valence-corrected chi connectivity index (χ0v) is 26.1. The van der Waals surface area contributed by atoms with Crippen LogP contribution in [0.4, 0.5) is 0 Å². The molecule has 11 nitrogen and oxygen atoms in total. The van der Waals surface area contributed by atoms with Gasteiger partial charge in [-0.05, 0) is 80.4 Å². The highest BCUT2D eigenvalue weighted by atomic mass is 16.7. The molecule has 40 heavy (non-hydrogen) atoms. The molecular weight excluding hydrogens is 520 g/mol. The summed E-state index contributed by atoms with van der Waals surface area (Å²) in [5, 5.41) is 59.8. The third-order valence-corrected chi connectivity index (χ3v) is 8.97. The maximum atomic E-state index is 13.2. The smallest absolute Gasteiger partial charge is 0.311 e. The zero-order valence-electron chi connectivity index (χ0n) is 26.1. The van der Waals surface area contributed by atoms with Crippen molar-refractivity contribution >= 4 is 5.97 Å². The number of likely N-dealkylation sites (N-methyl/N-ethyl adjacent to an activating group) is 1.